The van der Waals surface area contributed by atoms with E-state index in [0.29, 0.717) is 34.4 Å². The molecule has 0 atom stereocenters. The van der Waals surface area contributed by atoms with Crippen LogP contribution in [0.3, 0.4) is 0 Å². The Bertz CT molecular complexity index is 937. The number of aliphatic carboxylic acids is 1. The Balaban J connectivity index is 2.15. The van der Waals surface area contributed by atoms with E-state index in [1.165, 1.54) is 6.08 Å². The maximum absolute atomic E-state index is 12.7. The third-order valence-corrected chi connectivity index (χ3v) is 4.25. The monoisotopic (exact) mass is 444 g/mol. The van der Waals surface area contributed by atoms with Crippen LogP contribution in [0.15, 0.2) is 54.2 Å². The fraction of sp³-hybridized carbons (Fsp3) is 0.261. The van der Waals surface area contributed by atoms with Crippen LogP contribution in [0.5, 0.6) is 5.75 Å². The molecule has 0 saturated carbocycles. The van der Waals surface area contributed by atoms with Crippen LogP contribution >= 0.6 is 11.6 Å². The number of amides is 2. The zero-order chi connectivity index (χ0) is 22.8. The molecular formula is C23H25ClN2O5. The van der Waals surface area contributed by atoms with Crippen molar-refractivity contribution in [3.05, 3.63) is 70.4 Å². The molecule has 0 saturated heterocycles. The van der Waals surface area contributed by atoms with Gasteiger partial charge < -0.3 is 20.5 Å². The predicted octanol–water partition coefficient (Wildman–Crippen LogP) is 3.74. The van der Waals surface area contributed by atoms with E-state index >= 15 is 0 Å². The lowest BCUT2D eigenvalue weighted by Crippen LogP contribution is -2.35. The molecule has 3 N–H and O–H groups in total. The van der Waals surface area contributed by atoms with Crippen LogP contribution in [-0.4, -0.2) is 36.0 Å². The lowest BCUT2D eigenvalue weighted by Gasteiger charge is -2.12. The van der Waals surface area contributed by atoms with Gasteiger partial charge in [-0.15, -0.1) is 0 Å². The first-order chi connectivity index (χ1) is 14.7. The number of carboxylic acids is 1. The van der Waals surface area contributed by atoms with Crippen molar-refractivity contribution >= 4 is 35.5 Å². The van der Waals surface area contributed by atoms with Gasteiger partial charge in [0.1, 0.15) is 11.4 Å². The normalized spacial score (nSPS) is 11.2. The van der Waals surface area contributed by atoms with Crippen molar-refractivity contribution in [3.63, 3.8) is 0 Å². The minimum atomic E-state index is -1.03. The Hall–Kier alpha value is -3.32. The van der Waals surface area contributed by atoms with Gasteiger partial charge in [0.25, 0.3) is 11.8 Å². The van der Waals surface area contributed by atoms with E-state index in [1.807, 2.05) is 13.8 Å². The zero-order valence-electron chi connectivity index (χ0n) is 17.4. The lowest BCUT2D eigenvalue weighted by atomic mass is 10.1. The molecule has 0 bridgehead atoms. The first kappa shape index (κ1) is 24.0. The maximum Gasteiger partial charge on any atom is 0.305 e. The fourth-order valence-corrected chi connectivity index (χ4v) is 2.55. The first-order valence-electron chi connectivity index (χ1n) is 9.76. The number of ether oxygens (including phenoxy) is 1. The highest BCUT2D eigenvalue weighted by Crippen LogP contribution is 2.15. The lowest BCUT2D eigenvalue weighted by molar-refractivity contribution is -0.136. The Morgan fingerprint density at radius 3 is 2.29 bits per heavy atom. The van der Waals surface area contributed by atoms with Crippen molar-refractivity contribution in [1.82, 2.24) is 10.6 Å². The number of rotatable bonds is 10. The molecule has 2 aromatic carbocycles. The van der Waals surface area contributed by atoms with E-state index in [1.54, 1.807) is 48.5 Å². The Morgan fingerprint density at radius 1 is 1.06 bits per heavy atom. The standard InChI is InChI=1S/C23H25ClN2O5/c1-15(2)14-31-19-9-5-17(6-10-19)22(29)26-20(23(30)25-12-11-21(27)28)13-16-3-7-18(24)8-4-16/h3-10,13,15H,11-12,14H2,1-2H3,(H,25,30)(H,26,29)(H,27,28)/b20-13+. The third kappa shape index (κ3) is 8.52. The van der Waals surface area contributed by atoms with Crippen LogP contribution in [0.4, 0.5) is 0 Å². The molecule has 0 spiro atoms. The van der Waals surface area contributed by atoms with E-state index in [-0.39, 0.29) is 18.7 Å². The van der Waals surface area contributed by atoms with E-state index < -0.39 is 17.8 Å². The molecule has 2 aromatic rings. The SMILES string of the molecule is CC(C)COc1ccc(C(=O)N/C(=C/c2ccc(Cl)cc2)C(=O)NCCC(=O)O)cc1. The molecule has 0 aliphatic rings. The van der Waals surface area contributed by atoms with Gasteiger partial charge >= 0.3 is 5.97 Å². The van der Waals surface area contributed by atoms with Crippen molar-refractivity contribution in [2.45, 2.75) is 20.3 Å². The molecule has 0 radical (unpaired) electrons. The van der Waals surface area contributed by atoms with Crippen molar-refractivity contribution in [2.24, 2.45) is 5.92 Å². The van der Waals surface area contributed by atoms with E-state index in [2.05, 4.69) is 10.6 Å². The highest BCUT2D eigenvalue weighted by atomic mass is 35.5. The smallest absolute Gasteiger partial charge is 0.305 e. The number of carboxylic acid groups (broad SMARTS) is 1. The van der Waals surface area contributed by atoms with Crippen LogP contribution in [0.25, 0.3) is 6.08 Å². The van der Waals surface area contributed by atoms with Crippen molar-refractivity contribution < 1.29 is 24.2 Å². The summed E-state index contributed by atoms with van der Waals surface area (Å²) in [4.78, 5) is 35.9. The summed E-state index contributed by atoms with van der Waals surface area (Å²) < 4.78 is 5.61. The van der Waals surface area contributed by atoms with Crippen molar-refractivity contribution in [3.8, 4) is 5.75 Å². The predicted molar refractivity (Wildman–Crippen MR) is 119 cm³/mol. The highest BCUT2D eigenvalue weighted by molar-refractivity contribution is 6.30. The zero-order valence-corrected chi connectivity index (χ0v) is 18.1. The van der Waals surface area contributed by atoms with Gasteiger partial charge in [-0.1, -0.05) is 37.6 Å². The molecule has 31 heavy (non-hydrogen) atoms. The molecule has 2 amide bonds. The van der Waals surface area contributed by atoms with E-state index in [0.717, 1.165) is 0 Å². The summed E-state index contributed by atoms with van der Waals surface area (Å²) in [7, 11) is 0. The minimum Gasteiger partial charge on any atom is -0.493 e. The molecule has 2 rings (SSSR count). The van der Waals surface area contributed by atoms with E-state index in [9.17, 15) is 14.4 Å². The Labute approximate surface area is 186 Å². The molecule has 0 fully saturated rings. The minimum absolute atomic E-state index is 0.0159. The first-order valence-corrected chi connectivity index (χ1v) is 10.1. The molecule has 0 unspecified atom stereocenters. The summed E-state index contributed by atoms with van der Waals surface area (Å²) in [6.07, 6.45) is 1.26. The largest absolute Gasteiger partial charge is 0.493 e. The number of benzene rings is 2. The topological polar surface area (TPSA) is 105 Å². The fourth-order valence-electron chi connectivity index (χ4n) is 2.42. The molecule has 8 heteroatoms. The number of carbonyl (C=O) groups excluding carboxylic acids is 2. The van der Waals surface area contributed by atoms with Gasteiger partial charge in [-0.25, -0.2) is 0 Å². The van der Waals surface area contributed by atoms with Crippen LogP contribution in [0.1, 0.15) is 36.2 Å². The average Bonchev–Trinajstić information content (AvgIpc) is 2.73. The molecule has 0 aromatic heterocycles. The number of carbonyl (C=O) groups is 3. The second-order valence-corrected chi connectivity index (χ2v) is 7.63. The summed E-state index contributed by atoms with van der Waals surface area (Å²) in [5, 5.41) is 14.4. The van der Waals surface area contributed by atoms with Crippen LogP contribution in [0, 0.1) is 5.92 Å². The summed E-state index contributed by atoms with van der Waals surface area (Å²) in [6.45, 7) is 4.58. The Morgan fingerprint density at radius 2 is 1.71 bits per heavy atom. The average molecular weight is 445 g/mol. The second kappa shape index (κ2) is 11.8. The van der Waals surface area contributed by atoms with Crippen LogP contribution in [0.2, 0.25) is 5.02 Å². The molecule has 0 aliphatic heterocycles. The van der Waals surface area contributed by atoms with Gasteiger partial charge in [0.2, 0.25) is 0 Å². The summed E-state index contributed by atoms with van der Waals surface area (Å²) in [5.74, 6) is -1.09. The van der Waals surface area contributed by atoms with E-state index in [4.69, 9.17) is 21.4 Å². The number of hydrogen-bond donors (Lipinski definition) is 3. The third-order valence-electron chi connectivity index (χ3n) is 4.00. The summed E-state index contributed by atoms with van der Waals surface area (Å²) >= 11 is 5.89. The molecule has 0 aliphatic carbocycles. The van der Waals surface area contributed by atoms with Gasteiger partial charge in [-0.05, 0) is 54.0 Å². The second-order valence-electron chi connectivity index (χ2n) is 7.19. The van der Waals surface area contributed by atoms with Gasteiger partial charge in [0.05, 0.1) is 13.0 Å². The molecule has 7 nitrogen and oxygen atoms in total. The highest BCUT2D eigenvalue weighted by Gasteiger charge is 2.15. The number of halogens is 1. The van der Waals surface area contributed by atoms with Gasteiger partial charge in [0, 0.05) is 17.1 Å². The van der Waals surface area contributed by atoms with Gasteiger partial charge in [-0.3, -0.25) is 14.4 Å². The molecular weight excluding hydrogens is 420 g/mol. The Kier molecular flexibility index (Phi) is 9.09. The number of hydrogen-bond acceptors (Lipinski definition) is 4. The molecule has 0 heterocycles. The quantitative estimate of drug-likeness (QED) is 0.484. The number of nitrogens with one attached hydrogen (secondary N) is 2. The maximum atomic E-state index is 12.7. The summed E-state index contributed by atoms with van der Waals surface area (Å²) in [6, 6.07) is 13.3. The summed E-state index contributed by atoms with van der Waals surface area (Å²) in [5.41, 5.74) is 0.973. The molecule has 164 valence electrons. The van der Waals surface area contributed by atoms with Gasteiger partial charge in [-0.2, -0.15) is 0 Å². The van der Waals surface area contributed by atoms with Crippen LogP contribution in [-0.2, 0) is 9.59 Å². The van der Waals surface area contributed by atoms with Crippen LogP contribution < -0.4 is 15.4 Å². The van der Waals surface area contributed by atoms with Gasteiger partial charge in [0.15, 0.2) is 0 Å². The van der Waals surface area contributed by atoms with Crippen molar-refractivity contribution in [1.29, 1.82) is 0 Å². The van der Waals surface area contributed by atoms with Crippen molar-refractivity contribution in [2.75, 3.05) is 13.2 Å².